The summed E-state index contributed by atoms with van der Waals surface area (Å²) in [4.78, 5) is 28.2. The molecule has 6 heteroatoms. The number of aromatic nitrogens is 2. The molecule has 0 aliphatic rings. The minimum atomic E-state index is -0.966. The first-order chi connectivity index (χ1) is 8.10. The minimum absolute atomic E-state index is 0.205. The van der Waals surface area contributed by atoms with Crippen molar-refractivity contribution in [3.63, 3.8) is 0 Å². The van der Waals surface area contributed by atoms with Crippen LogP contribution in [0, 0.1) is 0 Å². The Morgan fingerprint density at radius 1 is 1.53 bits per heavy atom. The summed E-state index contributed by atoms with van der Waals surface area (Å²) in [6.45, 7) is 4.62. The lowest BCUT2D eigenvalue weighted by Gasteiger charge is -2.20. The van der Waals surface area contributed by atoms with Gasteiger partial charge in [0.05, 0.1) is 0 Å². The molecule has 1 aromatic heterocycles. The summed E-state index contributed by atoms with van der Waals surface area (Å²) in [6.07, 6.45) is 3.87. The fourth-order valence-corrected chi connectivity index (χ4v) is 1.59. The lowest BCUT2D eigenvalue weighted by atomic mass is 10.4. The second kappa shape index (κ2) is 6.03. The number of carboxylic acids is 1. The van der Waals surface area contributed by atoms with E-state index >= 15 is 0 Å². The fourth-order valence-electron chi connectivity index (χ4n) is 1.59. The first kappa shape index (κ1) is 13.2. The predicted molar refractivity (Wildman–Crippen MR) is 64.3 cm³/mol. The summed E-state index contributed by atoms with van der Waals surface area (Å²) in [7, 11) is 0. The number of anilines is 1. The van der Waals surface area contributed by atoms with Gasteiger partial charge in [-0.2, -0.15) is 0 Å². The maximum absolute atomic E-state index is 12.0. The van der Waals surface area contributed by atoms with Crippen molar-refractivity contribution in [2.45, 2.75) is 26.8 Å². The summed E-state index contributed by atoms with van der Waals surface area (Å²) in [5.74, 6) is -0.759. The van der Waals surface area contributed by atoms with Crippen LogP contribution in [0.5, 0.6) is 0 Å². The number of carboxylic acid groups (broad SMARTS) is 1. The molecular formula is C11H17N3O3. The van der Waals surface area contributed by atoms with E-state index in [1.807, 2.05) is 13.8 Å². The SMILES string of the molecule is CCCN(CC(=O)O)c1nccn(CC)c1=O. The number of rotatable bonds is 6. The van der Waals surface area contributed by atoms with Crippen molar-refractivity contribution >= 4 is 11.8 Å². The van der Waals surface area contributed by atoms with Gasteiger partial charge < -0.3 is 14.6 Å². The van der Waals surface area contributed by atoms with Crippen molar-refractivity contribution in [1.29, 1.82) is 0 Å². The monoisotopic (exact) mass is 239 g/mol. The lowest BCUT2D eigenvalue weighted by molar-refractivity contribution is -0.135. The molecule has 1 aromatic rings. The summed E-state index contributed by atoms with van der Waals surface area (Å²) in [5, 5.41) is 8.81. The molecule has 0 radical (unpaired) electrons. The molecule has 0 saturated heterocycles. The van der Waals surface area contributed by atoms with Crippen molar-refractivity contribution < 1.29 is 9.90 Å². The van der Waals surface area contributed by atoms with Crippen LogP contribution in [0.15, 0.2) is 17.2 Å². The first-order valence-corrected chi connectivity index (χ1v) is 5.62. The van der Waals surface area contributed by atoms with Gasteiger partial charge in [0.25, 0.3) is 5.56 Å². The zero-order chi connectivity index (χ0) is 12.8. The molecule has 0 unspecified atom stereocenters. The topological polar surface area (TPSA) is 75.4 Å². The predicted octanol–water partition coefficient (Wildman–Crippen LogP) is 0.564. The standard InChI is InChI=1S/C11H17N3O3/c1-3-6-14(8-9(15)16)10-11(17)13(4-2)7-5-12-10/h5,7H,3-4,6,8H2,1-2H3,(H,15,16). The van der Waals surface area contributed by atoms with Crippen LogP contribution in [0.1, 0.15) is 20.3 Å². The number of nitrogens with zero attached hydrogens (tertiary/aromatic N) is 3. The largest absolute Gasteiger partial charge is 0.480 e. The molecule has 0 aliphatic heterocycles. The van der Waals surface area contributed by atoms with Crippen LogP contribution in [0.4, 0.5) is 5.82 Å². The highest BCUT2D eigenvalue weighted by Gasteiger charge is 2.15. The Morgan fingerprint density at radius 2 is 2.24 bits per heavy atom. The molecule has 94 valence electrons. The van der Waals surface area contributed by atoms with E-state index in [0.29, 0.717) is 13.1 Å². The van der Waals surface area contributed by atoms with Crippen molar-refractivity contribution in [2.24, 2.45) is 0 Å². The Morgan fingerprint density at radius 3 is 2.76 bits per heavy atom. The van der Waals surface area contributed by atoms with Crippen LogP contribution in [-0.4, -0.2) is 33.7 Å². The molecule has 1 rings (SSSR count). The Hall–Kier alpha value is -1.85. The molecule has 0 aliphatic carbocycles. The molecule has 0 fully saturated rings. The second-order valence-electron chi connectivity index (χ2n) is 3.66. The average molecular weight is 239 g/mol. The summed E-state index contributed by atoms with van der Waals surface area (Å²) in [5.41, 5.74) is -0.246. The van der Waals surface area contributed by atoms with Gasteiger partial charge in [-0.3, -0.25) is 9.59 Å². The number of carbonyl (C=O) groups is 1. The highest BCUT2D eigenvalue weighted by atomic mass is 16.4. The van der Waals surface area contributed by atoms with Crippen LogP contribution in [0.25, 0.3) is 0 Å². The summed E-state index contributed by atoms with van der Waals surface area (Å²) in [6, 6.07) is 0. The molecule has 1 heterocycles. The zero-order valence-corrected chi connectivity index (χ0v) is 10.1. The molecule has 0 bridgehead atoms. The van der Waals surface area contributed by atoms with Crippen LogP contribution in [0.2, 0.25) is 0 Å². The third kappa shape index (κ3) is 3.30. The normalized spacial score (nSPS) is 10.2. The molecule has 0 amide bonds. The summed E-state index contributed by atoms with van der Waals surface area (Å²) < 4.78 is 1.51. The fraction of sp³-hybridized carbons (Fsp3) is 0.545. The van der Waals surface area contributed by atoms with Gasteiger partial charge >= 0.3 is 5.97 Å². The van der Waals surface area contributed by atoms with Crippen LogP contribution < -0.4 is 10.5 Å². The van der Waals surface area contributed by atoms with Gasteiger partial charge in [0.1, 0.15) is 6.54 Å². The molecule has 6 nitrogen and oxygen atoms in total. The lowest BCUT2D eigenvalue weighted by Crippen LogP contribution is -2.37. The molecular weight excluding hydrogens is 222 g/mol. The van der Waals surface area contributed by atoms with E-state index in [0.717, 1.165) is 6.42 Å². The molecule has 1 N–H and O–H groups in total. The highest BCUT2D eigenvalue weighted by Crippen LogP contribution is 2.04. The third-order valence-electron chi connectivity index (χ3n) is 2.36. The van der Waals surface area contributed by atoms with Gasteiger partial charge in [-0.25, -0.2) is 4.98 Å². The van der Waals surface area contributed by atoms with Crippen LogP contribution in [-0.2, 0) is 11.3 Å². The molecule has 0 aromatic carbocycles. The number of aliphatic carboxylic acids is 1. The van der Waals surface area contributed by atoms with E-state index in [1.165, 1.54) is 15.7 Å². The average Bonchev–Trinajstić information content (AvgIpc) is 2.28. The van der Waals surface area contributed by atoms with Gasteiger partial charge in [0.2, 0.25) is 0 Å². The van der Waals surface area contributed by atoms with Gasteiger partial charge in [-0.05, 0) is 13.3 Å². The third-order valence-corrected chi connectivity index (χ3v) is 2.36. The maximum Gasteiger partial charge on any atom is 0.323 e. The Bertz CT molecular complexity index is 442. The van der Waals surface area contributed by atoms with E-state index < -0.39 is 5.97 Å². The minimum Gasteiger partial charge on any atom is -0.480 e. The van der Waals surface area contributed by atoms with E-state index in [-0.39, 0.29) is 17.9 Å². The Labute approximate surface area is 99.5 Å². The van der Waals surface area contributed by atoms with E-state index in [2.05, 4.69) is 4.98 Å². The summed E-state index contributed by atoms with van der Waals surface area (Å²) >= 11 is 0. The quantitative estimate of drug-likeness (QED) is 0.785. The highest BCUT2D eigenvalue weighted by molar-refractivity contribution is 5.73. The maximum atomic E-state index is 12.0. The van der Waals surface area contributed by atoms with Crippen molar-refractivity contribution in [3.8, 4) is 0 Å². The molecule has 0 saturated carbocycles. The number of hydrogen-bond donors (Lipinski definition) is 1. The van der Waals surface area contributed by atoms with Crippen LogP contribution >= 0.6 is 0 Å². The zero-order valence-electron chi connectivity index (χ0n) is 10.1. The Balaban J connectivity index is 3.09. The van der Waals surface area contributed by atoms with Crippen molar-refractivity contribution in [2.75, 3.05) is 18.0 Å². The van der Waals surface area contributed by atoms with E-state index in [9.17, 15) is 9.59 Å². The van der Waals surface area contributed by atoms with Gasteiger partial charge in [-0.1, -0.05) is 6.92 Å². The van der Waals surface area contributed by atoms with Crippen LogP contribution in [0.3, 0.4) is 0 Å². The molecule has 17 heavy (non-hydrogen) atoms. The first-order valence-electron chi connectivity index (χ1n) is 5.62. The van der Waals surface area contributed by atoms with Gasteiger partial charge in [0.15, 0.2) is 5.82 Å². The van der Waals surface area contributed by atoms with Gasteiger partial charge in [0, 0.05) is 25.5 Å². The molecule has 0 spiro atoms. The van der Waals surface area contributed by atoms with E-state index in [4.69, 9.17) is 5.11 Å². The van der Waals surface area contributed by atoms with Crippen molar-refractivity contribution in [3.05, 3.63) is 22.7 Å². The molecule has 0 atom stereocenters. The number of hydrogen-bond acceptors (Lipinski definition) is 4. The Kier molecular flexibility index (Phi) is 4.68. The van der Waals surface area contributed by atoms with Gasteiger partial charge in [-0.15, -0.1) is 0 Å². The van der Waals surface area contributed by atoms with Crippen molar-refractivity contribution in [1.82, 2.24) is 9.55 Å². The number of aryl methyl sites for hydroxylation is 1. The second-order valence-corrected chi connectivity index (χ2v) is 3.66. The van der Waals surface area contributed by atoms with E-state index in [1.54, 1.807) is 6.20 Å². The smallest absolute Gasteiger partial charge is 0.323 e.